The first-order chi connectivity index (χ1) is 15.0. The van der Waals surface area contributed by atoms with Gasteiger partial charge in [0, 0.05) is 17.1 Å². The molecule has 0 bridgehead atoms. The highest BCUT2D eigenvalue weighted by atomic mass is 35.5. The molecular weight excluding hydrogens is 412 g/mol. The number of likely N-dealkylation sites (tertiary alicyclic amines) is 1. The van der Waals surface area contributed by atoms with Gasteiger partial charge in [0.2, 0.25) is 5.91 Å². The molecule has 1 saturated heterocycles. The minimum absolute atomic E-state index is 0.155. The lowest BCUT2D eigenvalue weighted by Crippen LogP contribution is -2.46. The average Bonchev–Trinajstić information content (AvgIpc) is 3.43. The van der Waals surface area contributed by atoms with E-state index in [0.29, 0.717) is 24.5 Å². The van der Waals surface area contributed by atoms with Crippen LogP contribution in [0.2, 0.25) is 5.02 Å². The first kappa shape index (κ1) is 21.0. The maximum absolute atomic E-state index is 12.6. The minimum Gasteiger partial charge on any atom is -0.325 e. The van der Waals surface area contributed by atoms with E-state index in [1.54, 1.807) is 9.58 Å². The van der Waals surface area contributed by atoms with Gasteiger partial charge in [-0.05, 0) is 42.5 Å². The number of hydrogen-bond donors (Lipinski definition) is 1. The summed E-state index contributed by atoms with van der Waals surface area (Å²) in [5, 5.41) is 18.3. The number of carbonyl (C=O) groups excluding carboxylic acids is 1. The van der Waals surface area contributed by atoms with Gasteiger partial charge in [-0.15, -0.1) is 5.10 Å². The van der Waals surface area contributed by atoms with Crippen molar-refractivity contribution in [2.75, 3.05) is 6.54 Å². The number of rotatable bonds is 6. The predicted octanol–water partition coefficient (Wildman–Crippen LogP) is 3.03. The Morgan fingerprint density at radius 3 is 2.81 bits per heavy atom. The summed E-state index contributed by atoms with van der Waals surface area (Å²) in [6.07, 6.45) is 3.89. The monoisotopic (exact) mass is 434 g/mol. The highest BCUT2D eigenvalue weighted by Gasteiger charge is 2.31. The Morgan fingerprint density at radius 1 is 1.26 bits per heavy atom. The molecule has 3 aromatic rings. The molecule has 1 fully saturated rings. The van der Waals surface area contributed by atoms with E-state index < -0.39 is 6.04 Å². The Hall–Kier alpha value is -3.21. The van der Waals surface area contributed by atoms with E-state index >= 15 is 0 Å². The summed E-state index contributed by atoms with van der Waals surface area (Å²) in [4.78, 5) is 14.2. The average molecular weight is 435 g/mol. The third-order valence-electron chi connectivity index (χ3n) is 5.48. The van der Waals surface area contributed by atoms with Gasteiger partial charge in [0.15, 0.2) is 0 Å². The summed E-state index contributed by atoms with van der Waals surface area (Å²) in [6, 6.07) is 16.6. The number of nitriles is 1. The largest absolute Gasteiger partial charge is 0.325 e. The Bertz CT molecular complexity index is 1100. The van der Waals surface area contributed by atoms with Gasteiger partial charge in [0.25, 0.3) is 0 Å². The smallest absolute Gasteiger partial charge is 0.240 e. The molecule has 1 aliphatic rings. The quantitative estimate of drug-likeness (QED) is 0.642. The van der Waals surface area contributed by atoms with Crippen molar-refractivity contribution in [1.82, 2.24) is 19.9 Å². The number of aromatic nitrogens is 3. The lowest BCUT2D eigenvalue weighted by Gasteiger charge is -2.23. The molecule has 2 atom stereocenters. The van der Waals surface area contributed by atoms with E-state index in [9.17, 15) is 10.1 Å². The van der Waals surface area contributed by atoms with Gasteiger partial charge in [-0.2, -0.15) is 5.26 Å². The molecule has 2 heterocycles. The van der Waals surface area contributed by atoms with E-state index in [2.05, 4.69) is 16.4 Å². The van der Waals surface area contributed by atoms with Crippen LogP contribution in [0.1, 0.15) is 24.0 Å². The summed E-state index contributed by atoms with van der Waals surface area (Å²) >= 11 is 6.04. The summed E-state index contributed by atoms with van der Waals surface area (Å²) < 4.78 is 1.77. The zero-order valence-corrected chi connectivity index (χ0v) is 17.7. The number of nitrogens with zero attached hydrogens (tertiary/aromatic N) is 5. The first-order valence-electron chi connectivity index (χ1n) is 10.2. The molecule has 1 amide bonds. The Morgan fingerprint density at radius 2 is 2.06 bits per heavy atom. The number of benzene rings is 2. The van der Waals surface area contributed by atoms with Crippen LogP contribution in [0.25, 0.3) is 11.3 Å². The van der Waals surface area contributed by atoms with Crippen molar-refractivity contribution in [3.05, 3.63) is 70.9 Å². The molecule has 4 rings (SSSR count). The maximum atomic E-state index is 12.6. The summed E-state index contributed by atoms with van der Waals surface area (Å²) in [7, 11) is 0. The van der Waals surface area contributed by atoms with Crippen LogP contribution in [0.3, 0.4) is 0 Å². The normalized spacial score (nSPS) is 16.8. The second-order valence-electron chi connectivity index (χ2n) is 7.76. The Balaban J connectivity index is 1.39. The highest BCUT2D eigenvalue weighted by Crippen LogP contribution is 2.20. The molecule has 0 aliphatic carbocycles. The molecule has 0 spiro atoms. The van der Waals surface area contributed by atoms with Gasteiger partial charge >= 0.3 is 0 Å². The van der Waals surface area contributed by atoms with Crippen LogP contribution in [0.5, 0.6) is 0 Å². The van der Waals surface area contributed by atoms with E-state index in [-0.39, 0.29) is 11.9 Å². The summed E-state index contributed by atoms with van der Waals surface area (Å²) in [5.41, 5.74) is 9.86. The standard InChI is InChI=1S/C23H23ClN6O/c24-19-4-1-3-17(11-19)14-29-15-22(27-28-29)18-8-6-16(7-9-18)12-21(26)23(31)30-10-2-5-20(30)13-25/h1,3-4,6-9,11,15,20-21H,2,5,10,12,14,26H2/t20-,21-/m0/s1. The van der Waals surface area contributed by atoms with Crippen molar-refractivity contribution in [3.8, 4) is 17.3 Å². The van der Waals surface area contributed by atoms with Crippen LogP contribution >= 0.6 is 11.6 Å². The molecule has 0 radical (unpaired) electrons. The van der Waals surface area contributed by atoms with E-state index in [1.807, 2.05) is 54.7 Å². The minimum atomic E-state index is -0.654. The number of halogens is 1. The van der Waals surface area contributed by atoms with Gasteiger partial charge in [-0.1, -0.05) is 53.2 Å². The van der Waals surface area contributed by atoms with Gasteiger partial charge in [-0.25, -0.2) is 4.68 Å². The van der Waals surface area contributed by atoms with E-state index in [0.717, 1.165) is 35.2 Å². The summed E-state index contributed by atoms with van der Waals surface area (Å²) in [5.74, 6) is -0.155. The molecular formula is C23H23ClN6O. The predicted molar refractivity (Wildman–Crippen MR) is 118 cm³/mol. The fourth-order valence-electron chi connectivity index (χ4n) is 3.86. The fraction of sp³-hybridized carbons (Fsp3) is 0.304. The van der Waals surface area contributed by atoms with Gasteiger partial charge < -0.3 is 10.6 Å². The second kappa shape index (κ2) is 9.29. The third kappa shape index (κ3) is 4.93. The zero-order chi connectivity index (χ0) is 21.8. The number of carbonyl (C=O) groups is 1. The van der Waals surface area contributed by atoms with Crippen LogP contribution in [-0.2, 0) is 17.8 Å². The Kier molecular flexibility index (Phi) is 6.31. The van der Waals surface area contributed by atoms with Crippen molar-refractivity contribution in [2.24, 2.45) is 5.73 Å². The lowest BCUT2D eigenvalue weighted by atomic mass is 10.0. The molecule has 158 valence electrons. The van der Waals surface area contributed by atoms with Crippen molar-refractivity contribution >= 4 is 17.5 Å². The van der Waals surface area contributed by atoms with Crippen LogP contribution in [0.4, 0.5) is 0 Å². The van der Waals surface area contributed by atoms with Crippen LogP contribution in [0, 0.1) is 11.3 Å². The van der Waals surface area contributed by atoms with Crippen molar-refractivity contribution in [3.63, 3.8) is 0 Å². The second-order valence-corrected chi connectivity index (χ2v) is 8.19. The SMILES string of the molecule is N#C[C@@H]1CCCN1C(=O)[C@@H](N)Cc1ccc(-c2cn(Cc3cccc(Cl)c3)nn2)cc1. The highest BCUT2D eigenvalue weighted by molar-refractivity contribution is 6.30. The topological polar surface area (TPSA) is 101 Å². The van der Waals surface area contributed by atoms with Crippen LogP contribution in [-0.4, -0.2) is 44.4 Å². The first-order valence-corrected chi connectivity index (χ1v) is 10.6. The Labute approximate surface area is 186 Å². The molecule has 2 N–H and O–H groups in total. The molecule has 8 heteroatoms. The lowest BCUT2D eigenvalue weighted by molar-refractivity contribution is -0.132. The van der Waals surface area contributed by atoms with E-state index in [1.165, 1.54) is 0 Å². The molecule has 1 aliphatic heterocycles. The zero-order valence-electron chi connectivity index (χ0n) is 17.0. The fourth-order valence-corrected chi connectivity index (χ4v) is 4.07. The van der Waals surface area contributed by atoms with Crippen molar-refractivity contribution < 1.29 is 4.79 Å². The van der Waals surface area contributed by atoms with Gasteiger partial charge in [0.1, 0.15) is 11.7 Å². The molecule has 1 aromatic heterocycles. The molecule has 7 nitrogen and oxygen atoms in total. The van der Waals surface area contributed by atoms with Crippen molar-refractivity contribution in [2.45, 2.75) is 37.9 Å². The van der Waals surface area contributed by atoms with E-state index in [4.69, 9.17) is 17.3 Å². The number of amides is 1. The summed E-state index contributed by atoms with van der Waals surface area (Å²) in [6.45, 7) is 1.19. The molecule has 31 heavy (non-hydrogen) atoms. The van der Waals surface area contributed by atoms with Crippen LogP contribution < -0.4 is 5.73 Å². The number of nitrogens with two attached hydrogens (primary N) is 1. The maximum Gasteiger partial charge on any atom is 0.240 e. The third-order valence-corrected chi connectivity index (χ3v) is 5.71. The van der Waals surface area contributed by atoms with Gasteiger partial charge in [-0.3, -0.25) is 4.79 Å². The van der Waals surface area contributed by atoms with Crippen LogP contribution in [0.15, 0.2) is 54.7 Å². The molecule has 0 saturated carbocycles. The number of hydrogen-bond acceptors (Lipinski definition) is 5. The molecule has 0 unspecified atom stereocenters. The van der Waals surface area contributed by atoms with Gasteiger partial charge in [0.05, 0.1) is 24.9 Å². The molecule has 2 aromatic carbocycles. The van der Waals surface area contributed by atoms with Crippen molar-refractivity contribution in [1.29, 1.82) is 5.26 Å².